The van der Waals surface area contributed by atoms with Gasteiger partial charge in [0.15, 0.2) is 5.82 Å². The molecule has 0 unspecified atom stereocenters. The van der Waals surface area contributed by atoms with Crippen molar-refractivity contribution in [3.63, 3.8) is 0 Å². The number of amides is 1. The predicted molar refractivity (Wildman–Crippen MR) is 99.9 cm³/mol. The van der Waals surface area contributed by atoms with Gasteiger partial charge in [-0.25, -0.2) is 24.1 Å². The van der Waals surface area contributed by atoms with Crippen LogP contribution in [0.2, 0.25) is 5.15 Å². The third kappa shape index (κ3) is 3.50. The number of halogens is 2. The maximum atomic E-state index is 14.7. The Morgan fingerprint density at radius 2 is 2.00 bits per heavy atom. The largest absolute Gasteiger partial charge is 0.314 e. The number of nitrogens with zero attached hydrogens (tertiary/aromatic N) is 5. The van der Waals surface area contributed by atoms with Gasteiger partial charge in [0.1, 0.15) is 11.0 Å². The van der Waals surface area contributed by atoms with Crippen molar-refractivity contribution in [3.8, 4) is 11.4 Å². The van der Waals surface area contributed by atoms with Crippen LogP contribution in [0.1, 0.15) is 35.9 Å². The van der Waals surface area contributed by atoms with Gasteiger partial charge in [-0.1, -0.05) is 25.4 Å². The number of benzene rings is 1. The first kappa shape index (κ1) is 19.2. The van der Waals surface area contributed by atoms with Crippen LogP contribution in [0.15, 0.2) is 18.2 Å². The van der Waals surface area contributed by atoms with Gasteiger partial charge in [0, 0.05) is 25.5 Å². The van der Waals surface area contributed by atoms with Crippen LogP contribution in [0.3, 0.4) is 0 Å². The molecular formula is C18H19ClFN5O2. The average molecular weight is 392 g/mol. The van der Waals surface area contributed by atoms with Gasteiger partial charge >= 0.3 is 5.91 Å². The van der Waals surface area contributed by atoms with E-state index in [0.29, 0.717) is 10.7 Å². The first-order chi connectivity index (χ1) is 12.7. The molecule has 0 aliphatic carbocycles. The first-order valence-corrected chi connectivity index (χ1v) is 8.64. The summed E-state index contributed by atoms with van der Waals surface area (Å²) in [7, 11) is 4.38. The van der Waals surface area contributed by atoms with Crippen molar-refractivity contribution in [2.75, 3.05) is 14.2 Å². The smallest absolute Gasteiger partial charge is 0.274 e. The molecule has 0 saturated heterocycles. The van der Waals surface area contributed by atoms with E-state index in [2.05, 4.69) is 15.1 Å². The van der Waals surface area contributed by atoms with Gasteiger partial charge in [-0.15, -0.1) is 0 Å². The quantitative estimate of drug-likeness (QED) is 0.502. The molecule has 0 spiro atoms. The van der Waals surface area contributed by atoms with Crippen LogP contribution < -0.4 is 0 Å². The molecule has 27 heavy (non-hydrogen) atoms. The molecule has 0 bridgehead atoms. The zero-order valence-corrected chi connectivity index (χ0v) is 16.4. The van der Waals surface area contributed by atoms with Gasteiger partial charge in [-0.2, -0.15) is 5.10 Å². The highest BCUT2D eigenvalue weighted by Crippen LogP contribution is 2.32. The van der Waals surface area contributed by atoms with E-state index in [1.807, 2.05) is 13.8 Å². The number of rotatable bonds is 4. The number of hydrogen-bond donors (Lipinski definition) is 0. The monoisotopic (exact) mass is 391 g/mol. The van der Waals surface area contributed by atoms with Crippen molar-refractivity contribution in [2.24, 2.45) is 7.05 Å². The van der Waals surface area contributed by atoms with Crippen LogP contribution in [-0.2, 0) is 11.9 Å². The molecule has 0 radical (unpaired) electrons. The number of pyridine rings is 1. The SMILES string of the molecule is CON(C)C(=O)c1nc(-c2cc3c(C(C)C)cc(Cl)nc3cc2F)nn1C. The van der Waals surface area contributed by atoms with E-state index in [0.717, 1.165) is 16.0 Å². The number of hydroxylamine groups is 2. The van der Waals surface area contributed by atoms with Gasteiger partial charge < -0.3 is 0 Å². The van der Waals surface area contributed by atoms with Crippen molar-refractivity contribution < 1.29 is 14.0 Å². The molecule has 0 fully saturated rings. The molecule has 2 aromatic heterocycles. The minimum atomic E-state index is -0.545. The maximum Gasteiger partial charge on any atom is 0.314 e. The van der Waals surface area contributed by atoms with Crippen molar-refractivity contribution in [2.45, 2.75) is 19.8 Å². The minimum absolute atomic E-state index is 0.0344. The molecule has 7 nitrogen and oxygen atoms in total. The standard InChI is InChI=1S/C18H19ClFN5O2/c1-9(2)10-7-15(19)21-14-8-13(20)12(6-11(10)14)16-22-17(24(3)23-16)18(26)25(4)27-5/h6-9H,1-5H3. The Labute approximate surface area is 160 Å². The third-order valence-corrected chi connectivity index (χ3v) is 4.47. The summed E-state index contributed by atoms with van der Waals surface area (Å²) in [5.41, 5.74) is 1.58. The third-order valence-electron chi connectivity index (χ3n) is 4.28. The molecule has 142 valence electrons. The summed E-state index contributed by atoms with van der Waals surface area (Å²) in [4.78, 5) is 25.6. The van der Waals surface area contributed by atoms with Gasteiger partial charge in [-0.05, 0) is 23.6 Å². The van der Waals surface area contributed by atoms with Crippen molar-refractivity contribution in [1.82, 2.24) is 24.8 Å². The Kier molecular flexibility index (Phi) is 5.12. The number of aryl methyl sites for hydroxylation is 1. The lowest BCUT2D eigenvalue weighted by atomic mass is 9.97. The molecule has 3 rings (SSSR count). The highest BCUT2D eigenvalue weighted by molar-refractivity contribution is 6.30. The van der Waals surface area contributed by atoms with Gasteiger partial charge in [0.05, 0.1) is 18.2 Å². The highest BCUT2D eigenvalue weighted by atomic mass is 35.5. The van der Waals surface area contributed by atoms with Gasteiger partial charge in [-0.3, -0.25) is 9.63 Å². The van der Waals surface area contributed by atoms with E-state index >= 15 is 0 Å². The summed E-state index contributed by atoms with van der Waals surface area (Å²) in [5.74, 6) is -0.731. The molecule has 0 N–H and O–H groups in total. The van der Waals surface area contributed by atoms with Crippen LogP contribution in [0, 0.1) is 5.82 Å². The highest BCUT2D eigenvalue weighted by Gasteiger charge is 2.22. The Balaban J connectivity index is 2.18. The maximum absolute atomic E-state index is 14.7. The van der Waals surface area contributed by atoms with E-state index in [1.54, 1.807) is 19.2 Å². The van der Waals surface area contributed by atoms with E-state index in [-0.39, 0.29) is 23.1 Å². The summed E-state index contributed by atoms with van der Waals surface area (Å²) < 4.78 is 16.0. The van der Waals surface area contributed by atoms with Crippen molar-refractivity contribution >= 4 is 28.4 Å². The predicted octanol–water partition coefficient (Wildman–Crippen LogP) is 3.58. The second kappa shape index (κ2) is 7.21. The number of carbonyl (C=O) groups excluding carboxylic acids is 1. The fourth-order valence-electron chi connectivity index (χ4n) is 2.80. The van der Waals surface area contributed by atoms with Crippen molar-refractivity contribution in [1.29, 1.82) is 0 Å². The Bertz CT molecular complexity index is 1030. The normalized spacial score (nSPS) is 11.4. The lowest BCUT2D eigenvalue weighted by Crippen LogP contribution is -2.28. The molecule has 0 aliphatic heterocycles. The van der Waals surface area contributed by atoms with Gasteiger partial charge in [0.2, 0.25) is 5.82 Å². The Hall–Kier alpha value is -2.58. The summed E-state index contributed by atoms with van der Waals surface area (Å²) in [6, 6.07) is 4.72. The lowest BCUT2D eigenvalue weighted by Gasteiger charge is -2.12. The molecule has 1 aromatic carbocycles. The molecule has 3 aromatic rings. The van der Waals surface area contributed by atoms with Crippen LogP contribution >= 0.6 is 11.6 Å². The molecule has 9 heteroatoms. The average Bonchev–Trinajstić information content (AvgIpc) is 3.00. The molecule has 2 heterocycles. The molecule has 0 saturated carbocycles. The fourth-order valence-corrected chi connectivity index (χ4v) is 3.01. The lowest BCUT2D eigenvalue weighted by molar-refractivity contribution is -0.0766. The number of carbonyl (C=O) groups is 1. The summed E-state index contributed by atoms with van der Waals surface area (Å²) in [6.07, 6.45) is 0. The topological polar surface area (TPSA) is 73.1 Å². The molecule has 0 atom stereocenters. The Morgan fingerprint density at radius 3 is 2.63 bits per heavy atom. The van der Waals surface area contributed by atoms with Crippen molar-refractivity contribution in [3.05, 3.63) is 40.6 Å². The van der Waals surface area contributed by atoms with Crippen LogP contribution in [0.25, 0.3) is 22.3 Å². The summed E-state index contributed by atoms with van der Waals surface area (Å²) >= 11 is 6.06. The van der Waals surface area contributed by atoms with E-state index in [1.165, 1.54) is 24.9 Å². The Morgan fingerprint density at radius 1 is 1.30 bits per heavy atom. The van der Waals surface area contributed by atoms with E-state index in [9.17, 15) is 9.18 Å². The van der Waals surface area contributed by atoms with E-state index in [4.69, 9.17) is 16.4 Å². The molecule has 0 aliphatic rings. The second-order valence-corrected chi connectivity index (χ2v) is 6.79. The number of aromatic nitrogens is 4. The van der Waals surface area contributed by atoms with Crippen LogP contribution in [-0.4, -0.2) is 44.9 Å². The second-order valence-electron chi connectivity index (χ2n) is 6.41. The molecular weight excluding hydrogens is 373 g/mol. The van der Waals surface area contributed by atoms with Gasteiger partial charge in [0.25, 0.3) is 0 Å². The number of fused-ring (bicyclic) bond motifs is 1. The first-order valence-electron chi connectivity index (χ1n) is 8.26. The molecule has 1 amide bonds. The minimum Gasteiger partial charge on any atom is -0.274 e. The summed E-state index contributed by atoms with van der Waals surface area (Å²) in [5, 5.41) is 6.29. The number of hydrogen-bond acceptors (Lipinski definition) is 5. The fraction of sp³-hybridized carbons (Fsp3) is 0.333. The summed E-state index contributed by atoms with van der Waals surface area (Å²) in [6.45, 7) is 4.04. The van der Waals surface area contributed by atoms with E-state index < -0.39 is 11.7 Å². The zero-order chi connectivity index (χ0) is 19.9. The zero-order valence-electron chi connectivity index (χ0n) is 15.6. The van der Waals surface area contributed by atoms with Crippen LogP contribution in [0.4, 0.5) is 4.39 Å². The van der Waals surface area contributed by atoms with Crippen LogP contribution in [0.5, 0.6) is 0 Å².